The minimum atomic E-state index is -0.337. The Bertz CT molecular complexity index is 588. The Hall–Kier alpha value is -1.55. The van der Waals surface area contributed by atoms with Crippen LogP contribution in [0.2, 0.25) is 0 Å². The number of rotatable bonds is 4. The molecule has 0 aliphatic heterocycles. The van der Waals surface area contributed by atoms with Crippen molar-refractivity contribution >= 4 is 50.9 Å². The standard InChI is InChI=1S/C11H9IN4O2S/c12-8-4-2-1-3-7(8)10(18)13-5-9(17)15-11-16-14-6-19-11/h1-4,6H,5H2,(H,13,18)(H,15,16,17). The molecule has 98 valence electrons. The number of hydrogen-bond acceptors (Lipinski definition) is 5. The summed E-state index contributed by atoms with van der Waals surface area (Å²) >= 11 is 3.29. The molecule has 0 fully saturated rings. The Morgan fingerprint density at radius 1 is 1.32 bits per heavy atom. The molecule has 0 aliphatic rings. The summed E-state index contributed by atoms with van der Waals surface area (Å²) in [6.07, 6.45) is 0. The largest absolute Gasteiger partial charge is 0.343 e. The van der Waals surface area contributed by atoms with Crippen LogP contribution in [0.3, 0.4) is 0 Å². The second kappa shape index (κ2) is 6.57. The molecule has 0 aliphatic carbocycles. The van der Waals surface area contributed by atoms with Crippen LogP contribution in [-0.4, -0.2) is 28.6 Å². The zero-order valence-electron chi connectivity index (χ0n) is 9.59. The van der Waals surface area contributed by atoms with E-state index in [1.54, 1.807) is 12.1 Å². The minimum Gasteiger partial charge on any atom is -0.343 e. The first kappa shape index (κ1) is 13.9. The molecule has 1 heterocycles. The van der Waals surface area contributed by atoms with Gasteiger partial charge in [-0.25, -0.2) is 0 Å². The molecule has 8 heteroatoms. The molecule has 1 aromatic heterocycles. The predicted molar refractivity (Wildman–Crippen MR) is 80.0 cm³/mol. The van der Waals surface area contributed by atoms with E-state index in [2.05, 4.69) is 43.4 Å². The molecule has 19 heavy (non-hydrogen) atoms. The summed E-state index contributed by atoms with van der Waals surface area (Å²) in [4.78, 5) is 23.4. The summed E-state index contributed by atoms with van der Waals surface area (Å²) in [7, 11) is 0. The predicted octanol–water partition coefficient (Wildman–Crippen LogP) is 1.51. The Labute approximate surface area is 126 Å². The third-order valence-electron chi connectivity index (χ3n) is 2.13. The lowest BCUT2D eigenvalue weighted by atomic mass is 10.2. The zero-order chi connectivity index (χ0) is 13.7. The molecule has 0 bridgehead atoms. The monoisotopic (exact) mass is 388 g/mol. The van der Waals surface area contributed by atoms with Crippen LogP contribution < -0.4 is 10.6 Å². The quantitative estimate of drug-likeness (QED) is 0.778. The molecular weight excluding hydrogens is 379 g/mol. The van der Waals surface area contributed by atoms with Gasteiger partial charge in [0.25, 0.3) is 5.91 Å². The van der Waals surface area contributed by atoms with Crippen molar-refractivity contribution < 1.29 is 9.59 Å². The Kier molecular flexibility index (Phi) is 4.80. The third kappa shape index (κ3) is 3.96. The van der Waals surface area contributed by atoms with E-state index in [1.165, 1.54) is 16.8 Å². The SMILES string of the molecule is O=C(CNC(=O)c1ccccc1I)Nc1nncs1. The van der Waals surface area contributed by atoms with Crippen molar-refractivity contribution in [2.45, 2.75) is 0 Å². The Morgan fingerprint density at radius 2 is 2.11 bits per heavy atom. The summed E-state index contributed by atoms with van der Waals surface area (Å²) < 4.78 is 0.835. The van der Waals surface area contributed by atoms with Gasteiger partial charge in [-0.15, -0.1) is 10.2 Å². The highest BCUT2D eigenvalue weighted by molar-refractivity contribution is 14.1. The number of nitrogens with zero attached hydrogens (tertiary/aromatic N) is 2. The first-order valence-corrected chi connectivity index (χ1v) is 7.21. The average molecular weight is 388 g/mol. The first-order valence-electron chi connectivity index (χ1n) is 5.25. The van der Waals surface area contributed by atoms with Crippen LogP contribution in [0.4, 0.5) is 5.13 Å². The van der Waals surface area contributed by atoms with E-state index in [0.29, 0.717) is 10.7 Å². The van der Waals surface area contributed by atoms with Crippen LogP contribution in [0.15, 0.2) is 29.8 Å². The fraction of sp³-hybridized carbons (Fsp3) is 0.0909. The minimum absolute atomic E-state index is 0.108. The van der Waals surface area contributed by atoms with Crippen molar-refractivity contribution in [3.8, 4) is 0 Å². The maximum absolute atomic E-state index is 11.9. The highest BCUT2D eigenvalue weighted by atomic mass is 127. The first-order chi connectivity index (χ1) is 9.16. The maximum atomic E-state index is 11.9. The van der Waals surface area contributed by atoms with Gasteiger partial charge in [-0.3, -0.25) is 14.9 Å². The van der Waals surface area contributed by atoms with E-state index in [-0.39, 0.29) is 18.4 Å². The van der Waals surface area contributed by atoms with E-state index in [1.807, 2.05) is 12.1 Å². The average Bonchev–Trinajstić information content (AvgIpc) is 2.89. The van der Waals surface area contributed by atoms with Crippen LogP contribution in [0.5, 0.6) is 0 Å². The van der Waals surface area contributed by atoms with Gasteiger partial charge in [0.05, 0.1) is 12.1 Å². The molecule has 6 nitrogen and oxygen atoms in total. The van der Waals surface area contributed by atoms with E-state index in [9.17, 15) is 9.59 Å². The number of aromatic nitrogens is 2. The van der Waals surface area contributed by atoms with Gasteiger partial charge < -0.3 is 5.32 Å². The van der Waals surface area contributed by atoms with E-state index >= 15 is 0 Å². The second-order valence-electron chi connectivity index (χ2n) is 3.45. The molecule has 0 saturated carbocycles. The van der Waals surface area contributed by atoms with Crippen LogP contribution >= 0.6 is 33.9 Å². The number of amides is 2. The number of halogens is 1. The lowest BCUT2D eigenvalue weighted by molar-refractivity contribution is -0.115. The smallest absolute Gasteiger partial charge is 0.252 e. The van der Waals surface area contributed by atoms with Gasteiger partial charge in [-0.05, 0) is 34.7 Å². The normalized spacial score (nSPS) is 9.95. The molecule has 0 atom stereocenters. The molecule has 2 rings (SSSR count). The van der Waals surface area contributed by atoms with Gasteiger partial charge in [0.15, 0.2) is 0 Å². The van der Waals surface area contributed by atoms with E-state index in [0.717, 1.165) is 3.57 Å². The lowest BCUT2D eigenvalue weighted by Gasteiger charge is -2.06. The van der Waals surface area contributed by atoms with Gasteiger partial charge in [0, 0.05) is 3.57 Å². The van der Waals surface area contributed by atoms with Crippen LogP contribution in [0.1, 0.15) is 10.4 Å². The zero-order valence-corrected chi connectivity index (χ0v) is 12.6. The number of carbonyl (C=O) groups is 2. The highest BCUT2D eigenvalue weighted by Gasteiger charge is 2.11. The van der Waals surface area contributed by atoms with Gasteiger partial charge in [-0.2, -0.15) is 0 Å². The molecule has 0 unspecified atom stereocenters. The molecule has 0 spiro atoms. The van der Waals surface area contributed by atoms with Crippen LogP contribution in [0.25, 0.3) is 0 Å². The molecular formula is C11H9IN4O2S. The number of nitrogens with one attached hydrogen (secondary N) is 2. The summed E-state index contributed by atoms with van der Waals surface area (Å²) in [6.45, 7) is -0.108. The van der Waals surface area contributed by atoms with Crippen LogP contribution in [0, 0.1) is 3.57 Å². The maximum Gasteiger partial charge on any atom is 0.252 e. The van der Waals surface area contributed by atoms with Gasteiger partial charge in [0.1, 0.15) is 5.51 Å². The summed E-state index contributed by atoms with van der Waals surface area (Å²) in [5.41, 5.74) is 2.06. The van der Waals surface area contributed by atoms with Crippen molar-refractivity contribution in [1.82, 2.24) is 15.5 Å². The van der Waals surface area contributed by atoms with Crippen LogP contribution in [-0.2, 0) is 4.79 Å². The molecule has 1 aromatic carbocycles. The third-order valence-corrected chi connectivity index (χ3v) is 3.68. The highest BCUT2D eigenvalue weighted by Crippen LogP contribution is 2.11. The number of hydrogen-bond donors (Lipinski definition) is 2. The Morgan fingerprint density at radius 3 is 2.79 bits per heavy atom. The second-order valence-corrected chi connectivity index (χ2v) is 5.45. The summed E-state index contributed by atoms with van der Waals surface area (Å²) in [5.74, 6) is -0.617. The number of carbonyl (C=O) groups excluding carboxylic acids is 2. The van der Waals surface area contributed by atoms with Crippen molar-refractivity contribution in [3.05, 3.63) is 38.9 Å². The van der Waals surface area contributed by atoms with E-state index < -0.39 is 0 Å². The summed E-state index contributed by atoms with van der Waals surface area (Å²) in [6, 6.07) is 7.16. The summed E-state index contributed by atoms with van der Waals surface area (Å²) in [5, 5.41) is 12.8. The number of benzene rings is 1. The Balaban J connectivity index is 1.87. The number of anilines is 1. The fourth-order valence-electron chi connectivity index (χ4n) is 1.29. The van der Waals surface area contributed by atoms with Crippen molar-refractivity contribution in [3.63, 3.8) is 0 Å². The van der Waals surface area contributed by atoms with Crippen molar-refractivity contribution in [2.24, 2.45) is 0 Å². The van der Waals surface area contributed by atoms with Gasteiger partial charge in [0.2, 0.25) is 11.0 Å². The molecule has 2 aromatic rings. The fourth-order valence-corrected chi connectivity index (χ4v) is 2.39. The van der Waals surface area contributed by atoms with Crippen molar-refractivity contribution in [2.75, 3.05) is 11.9 Å². The topological polar surface area (TPSA) is 84.0 Å². The lowest BCUT2D eigenvalue weighted by Crippen LogP contribution is -2.33. The van der Waals surface area contributed by atoms with Gasteiger partial charge >= 0.3 is 0 Å². The van der Waals surface area contributed by atoms with Gasteiger partial charge in [-0.1, -0.05) is 23.5 Å². The molecule has 0 radical (unpaired) electrons. The van der Waals surface area contributed by atoms with Crippen molar-refractivity contribution in [1.29, 1.82) is 0 Å². The molecule has 2 amide bonds. The van der Waals surface area contributed by atoms with E-state index in [4.69, 9.17) is 0 Å². The molecule has 0 saturated heterocycles. The molecule has 2 N–H and O–H groups in total.